The van der Waals surface area contributed by atoms with Gasteiger partial charge in [0.05, 0.1) is 17.0 Å². The second-order valence-corrected chi connectivity index (χ2v) is 8.68. The van der Waals surface area contributed by atoms with Crippen LogP contribution in [0.15, 0.2) is 63.9 Å². The molecule has 1 amide bonds. The van der Waals surface area contributed by atoms with E-state index in [1.54, 1.807) is 19.2 Å². The fourth-order valence-corrected chi connectivity index (χ4v) is 4.16. The van der Waals surface area contributed by atoms with Crippen LogP contribution in [0.5, 0.6) is 0 Å². The fraction of sp³-hybridized carbons (Fsp3) is 0.286. The second kappa shape index (κ2) is 7.77. The lowest BCUT2D eigenvalue weighted by Gasteiger charge is -2.26. The van der Waals surface area contributed by atoms with Gasteiger partial charge in [-0.05, 0) is 45.0 Å². The first-order valence-electron chi connectivity index (χ1n) is 9.03. The van der Waals surface area contributed by atoms with Crippen molar-refractivity contribution in [1.29, 1.82) is 0 Å². The number of carbonyl (C=O) groups excluding carboxylic acids is 1. The van der Waals surface area contributed by atoms with Gasteiger partial charge in [0.2, 0.25) is 15.9 Å². The molecule has 0 saturated heterocycles. The quantitative estimate of drug-likeness (QED) is 0.685. The highest BCUT2D eigenvalue weighted by Crippen LogP contribution is 2.27. The van der Waals surface area contributed by atoms with Crippen LogP contribution in [0.25, 0.3) is 11.0 Å². The van der Waals surface area contributed by atoms with Gasteiger partial charge in [-0.2, -0.15) is 4.72 Å². The summed E-state index contributed by atoms with van der Waals surface area (Å²) in [6.45, 7) is 5.26. The molecule has 6 nitrogen and oxygen atoms in total. The monoisotopic (exact) mass is 400 g/mol. The summed E-state index contributed by atoms with van der Waals surface area (Å²) in [5.41, 5.74) is 1.71. The number of likely N-dealkylation sites (N-methyl/N-ethyl adjacent to an activating group) is 1. The van der Waals surface area contributed by atoms with Gasteiger partial charge in [-0.3, -0.25) is 4.79 Å². The summed E-state index contributed by atoms with van der Waals surface area (Å²) in [4.78, 5) is 14.4. The standard InChI is InChI=1S/C21H24N2O4S/c1-14-9-11-18(12-10-14)28(25,26)22-15(2)21(24)23(4)16(3)20-13-17-7-5-6-8-19(17)27-20/h5-13,15-16,22H,1-4H3/t15-,16+/m0/s1. The molecule has 0 fully saturated rings. The van der Waals surface area contributed by atoms with Crippen molar-refractivity contribution in [2.24, 2.45) is 0 Å². The van der Waals surface area contributed by atoms with Crippen molar-refractivity contribution in [1.82, 2.24) is 9.62 Å². The van der Waals surface area contributed by atoms with Gasteiger partial charge >= 0.3 is 0 Å². The number of fused-ring (bicyclic) bond motifs is 1. The molecule has 0 bridgehead atoms. The first kappa shape index (κ1) is 20.1. The van der Waals surface area contributed by atoms with E-state index in [4.69, 9.17) is 4.42 Å². The molecule has 3 rings (SSSR count). The average molecular weight is 401 g/mol. The third kappa shape index (κ3) is 4.10. The van der Waals surface area contributed by atoms with E-state index in [0.717, 1.165) is 16.5 Å². The van der Waals surface area contributed by atoms with Crippen LogP contribution >= 0.6 is 0 Å². The third-order valence-electron chi connectivity index (χ3n) is 4.82. The first-order chi connectivity index (χ1) is 13.2. The number of carbonyl (C=O) groups is 1. The molecular weight excluding hydrogens is 376 g/mol. The van der Waals surface area contributed by atoms with E-state index in [1.165, 1.54) is 24.0 Å². The summed E-state index contributed by atoms with van der Waals surface area (Å²) in [6, 6.07) is 14.7. The summed E-state index contributed by atoms with van der Waals surface area (Å²) >= 11 is 0. The predicted octanol–water partition coefficient (Wildman–Crippen LogP) is 3.63. The lowest BCUT2D eigenvalue weighted by molar-refractivity contribution is -0.133. The Kier molecular flexibility index (Phi) is 5.58. The van der Waals surface area contributed by atoms with Gasteiger partial charge in [-0.25, -0.2) is 8.42 Å². The van der Waals surface area contributed by atoms with E-state index in [-0.39, 0.29) is 16.8 Å². The molecule has 0 radical (unpaired) electrons. The van der Waals surface area contributed by atoms with Gasteiger partial charge < -0.3 is 9.32 Å². The molecule has 0 aliphatic rings. The van der Waals surface area contributed by atoms with Crippen molar-refractivity contribution in [3.05, 3.63) is 65.9 Å². The Morgan fingerprint density at radius 1 is 1.07 bits per heavy atom. The summed E-state index contributed by atoms with van der Waals surface area (Å²) in [5, 5.41) is 0.957. The third-order valence-corrected chi connectivity index (χ3v) is 6.38. The highest BCUT2D eigenvalue weighted by atomic mass is 32.2. The lowest BCUT2D eigenvalue weighted by Crippen LogP contribution is -2.46. The number of para-hydroxylation sites is 1. The van der Waals surface area contributed by atoms with Gasteiger partial charge in [0.1, 0.15) is 11.3 Å². The number of benzene rings is 2. The van der Waals surface area contributed by atoms with Crippen molar-refractivity contribution in [3.8, 4) is 0 Å². The lowest BCUT2D eigenvalue weighted by atomic mass is 10.2. The number of amides is 1. The minimum absolute atomic E-state index is 0.130. The highest BCUT2D eigenvalue weighted by Gasteiger charge is 2.28. The minimum Gasteiger partial charge on any atom is -0.459 e. The Labute approximate surface area is 165 Å². The molecule has 0 aliphatic carbocycles. The van der Waals surface area contributed by atoms with E-state index in [9.17, 15) is 13.2 Å². The molecule has 148 valence electrons. The smallest absolute Gasteiger partial charge is 0.241 e. The maximum atomic E-state index is 12.8. The molecule has 0 unspecified atom stereocenters. The van der Waals surface area contributed by atoms with Gasteiger partial charge in [0.15, 0.2) is 0 Å². The molecule has 1 aromatic heterocycles. The molecule has 7 heteroatoms. The number of hydrogen-bond donors (Lipinski definition) is 1. The van der Waals surface area contributed by atoms with Gasteiger partial charge in [0.25, 0.3) is 0 Å². The van der Waals surface area contributed by atoms with Crippen LogP contribution in [0.1, 0.15) is 31.2 Å². The van der Waals surface area contributed by atoms with Crippen molar-refractivity contribution in [2.45, 2.75) is 37.8 Å². The number of nitrogens with one attached hydrogen (secondary N) is 1. The van der Waals surface area contributed by atoms with Crippen molar-refractivity contribution < 1.29 is 17.6 Å². The molecule has 0 aliphatic heterocycles. The Balaban J connectivity index is 1.73. The van der Waals surface area contributed by atoms with Crippen LogP contribution in [0.2, 0.25) is 0 Å². The number of nitrogens with zero attached hydrogens (tertiary/aromatic N) is 1. The molecule has 1 N–H and O–H groups in total. The number of rotatable bonds is 6. The van der Waals surface area contributed by atoms with Gasteiger partial charge in [-0.15, -0.1) is 0 Å². The molecule has 1 heterocycles. The van der Waals surface area contributed by atoms with Crippen molar-refractivity contribution in [2.75, 3.05) is 7.05 Å². The Morgan fingerprint density at radius 3 is 2.36 bits per heavy atom. The first-order valence-corrected chi connectivity index (χ1v) is 10.5. The van der Waals surface area contributed by atoms with E-state index < -0.39 is 16.1 Å². The van der Waals surface area contributed by atoms with Crippen molar-refractivity contribution >= 4 is 26.9 Å². The molecule has 0 spiro atoms. The van der Waals surface area contributed by atoms with E-state index in [0.29, 0.717) is 5.76 Å². The van der Waals surface area contributed by atoms with Crippen LogP contribution in [-0.4, -0.2) is 32.3 Å². The Morgan fingerprint density at radius 2 is 1.71 bits per heavy atom. The zero-order chi connectivity index (χ0) is 20.5. The van der Waals surface area contributed by atoms with E-state index in [1.807, 2.05) is 44.2 Å². The molecule has 0 saturated carbocycles. The van der Waals surface area contributed by atoms with Crippen LogP contribution in [0, 0.1) is 6.92 Å². The number of furan rings is 1. The van der Waals surface area contributed by atoms with Crippen molar-refractivity contribution in [3.63, 3.8) is 0 Å². The molecule has 2 atom stereocenters. The largest absolute Gasteiger partial charge is 0.459 e. The normalized spacial score (nSPS) is 14.0. The van der Waals surface area contributed by atoms with Crippen LogP contribution in [0.3, 0.4) is 0 Å². The predicted molar refractivity (Wildman–Crippen MR) is 108 cm³/mol. The van der Waals surface area contributed by atoms with Crippen LogP contribution in [0.4, 0.5) is 0 Å². The summed E-state index contributed by atoms with van der Waals surface area (Å²) in [5.74, 6) is 0.300. The molecule has 3 aromatic rings. The zero-order valence-corrected chi connectivity index (χ0v) is 17.2. The van der Waals surface area contributed by atoms with E-state index >= 15 is 0 Å². The minimum atomic E-state index is -3.79. The maximum absolute atomic E-state index is 12.8. The van der Waals surface area contributed by atoms with Crippen LogP contribution < -0.4 is 4.72 Å². The SMILES string of the molecule is Cc1ccc(S(=O)(=O)N[C@@H](C)C(=O)N(C)[C@H](C)c2cc3ccccc3o2)cc1. The number of sulfonamides is 1. The van der Waals surface area contributed by atoms with Crippen LogP contribution in [-0.2, 0) is 14.8 Å². The van der Waals surface area contributed by atoms with Gasteiger partial charge in [0, 0.05) is 12.4 Å². The number of hydrogen-bond acceptors (Lipinski definition) is 4. The summed E-state index contributed by atoms with van der Waals surface area (Å²) < 4.78 is 33.4. The summed E-state index contributed by atoms with van der Waals surface area (Å²) in [6.07, 6.45) is 0. The van der Waals surface area contributed by atoms with Gasteiger partial charge in [-0.1, -0.05) is 35.9 Å². The Bertz CT molecular complexity index is 1050. The Hall–Kier alpha value is -2.64. The molecule has 2 aromatic carbocycles. The topological polar surface area (TPSA) is 79.6 Å². The number of aryl methyl sites for hydroxylation is 1. The fourth-order valence-electron chi connectivity index (χ4n) is 2.96. The zero-order valence-electron chi connectivity index (χ0n) is 16.3. The second-order valence-electron chi connectivity index (χ2n) is 6.97. The molecule has 28 heavy (non-hydrogen) atoms. The maximum Gasteiger partial charge on any atom is 0.241 e. The van der Waals surface area contributed by atoms with E-state index in [2.05, 4.69) is 4.72 Å². The average Bonchev–Trinajstić information content (AvgIpc) is 3.10. The summed E-state index contributed by atoms with van der Waals surface area (Å²) in [7, 11) is -2.15. The highest BCUT2D eigenvalue weighted by molar-refractivity contribution is 7.89. The molecular formula is C21H24N2O4S.